The second-order valence-electron chi connectivity index (χ2n) is 4.27. The maximum atomic E-state index is 5.68. The third kappa shape index (κ3) is 3.52. The molecule has 0 amide bonds. The molecule has 0 aromatic carbocycles. The van der Waals surface area contributed by atoms with E-state index in [1.165, 1.54) is 0 Å². The lowest BCUT2D eigenvalue weighted by Crippen LogP contribution is -2.11. The lowest BCUT2D eigenvalue weighted by molar-refractivity contribution is 0.243. The van der Waals surface area contributed by atoms with Gasteiger partial charge in [-0.15, -0.1) is 0 Å². The van der Waals surface area contributed by atoms with Crippen LogP contribution in [0.1, 0.15) is 19.6 Å². The lowest BCUT2D eigenvalue weighted by Gasteiger charge is -2.13. The summed E-state index contributed by atoms with van der Waals surface area (Å²) in [5.41, 5.74) is 0. The van der Waals surface area contributed by atoms with Crippen LogP contribution in [0, 0.1) is 0 Å². The van der Waals surface area contributed by atoms with Gasteiger partial charge in [-0.05, 0) is 38.1 Å². The van der Waals surface area contributed by atoms with Gasteiger partial charge in [0.1, 0.15) is 5.76 Å². The Morgan fingerprint density at radius 1 is 1.33 bits per heavy atom. The third-order valence-corrected chi connectivity index (χ3v) is 2.38. The van der Waals surface area contributed by atoms with Gasteiger partial charge in [0.15, 0.2) is 11.6 Å². The normalized spacial score (nSPS) is 10.6. The van der Waals surface area contributed by atoms with E-state index in [0.29, 0.717) is 0 Å². The Kier molecular flexibility index (Phi) is 4.23. The van der Waals surface area contributed by atoms with Crippen molar-refractivity contribution in [3.63, 3.8) is 0 Å². The van der Waals surface area contributed by atoms with Crippen molar-refractivity contribution in [2.24, 2.45) is 0 Å². The molecule has 4 nitrogen and oxygen atoms in total. The molecule has 0 bridgehead atoms. The summed E-state index contributed by atoms with van der Waals surface area (Å²) >= 11 is 0. The Labute approximate surface area is 107 Å². The third-order valence-electron chi connectivity index (χ3n) is 2.38. The zero-order chi connectivity index (χ0) is 12.8. The Balaban J connectivity index is 1.92. The van der Waals surface area contributed by atoms with E-state index in [2.05, 4.69) is 10.3 Å². The summed E-state index contributed by atoms with van der Waals surface area (Å²) < 4.78 is 11.0. The van der Waals surface area contributed by atoms with Gasteiger partial charge in [0.25, 0.3) is 0 Å². The van der Waals surface area contributed by atoms with Crippen molar-refractivity contribution in [2.75, 3.05) is 11.9 Å². The van der Waals surface area contributed by atoms with Crippen LogP contribution < -0.4 is 10.1 Å². The summed E-state index contributed by atoms with van der Waals surface area (Å²) in [6.07, 6.45) is 4.40. The average Bonchev–Trinajstić information content (AvgIpc) is 2.84. The van der Waals surface area contributed by atoms with Crippen molar-refractivity contribution in [2.45, 2.75) is 26.4 Å². The zero-order valence-electron chi connectivity index (χ0n) is 10.7. The summed E-state index contributed by atoms with van der Waals surface area (Å²) in [5, 5.41) is 3.26. The van der Waals surface area contributed by atoms with Crippen LogP contribution in [0.15, 0.2) is 41.1 Å². The molecule has 4 heteroatoms. The van der Waals surface area contributed by atoms with Crippen LogP contribution in [0.2, 0.25) is 0 Å². The summed E-state index contributed by atoms with van der Waals surface area (Å²) in [4.78, 5) is 4.28. The maximum Gasteiger partial charge on any atom is 0.168 e. The number of rotatable bonds is 6. The highest BCUT2D eigenvalue weighted by Crippen LogP contribution is 2.21. The number of ether oxygens (including phenoxy) is 1. The number of nitrogens with one attached hydrogen (secondary N) is 1. The molecule has 0 atom stereocenters. The van der Waals surface area contributed by atoms with Crippen molar-refractivity contribution >= 4 is 5.82 Å². The molecular formula is C14H18N2O2. The first-order chi connectivity index (χ1) is 8.75. The van der Waals surface area contributed by atoms with Gasteiger partial charge in [-0.2, -0.15) is 0 Å². The molecule has 0 fully saturated rings. The molecule has 0 radical (unpaired) electrons. The van der Waals surface area contributed by atoms with Gasteiger partial charge < -0.3 is 14.5 Å². The molecule has 0 aliphatic rings. The van der Waals surface area contributed by atoms with E-state index in [1.54, 1.807) is 12.5 Å². The van der Waals surface area contributed by atoms with Crippen LogP contribution in [-0.2, 0) is 6.42 Å². The van der Waals surface area contributed by atoms with Crippen molar-refractivity contribution in [3.8, 4) is 5.75 Å². The fraction of sp³-hybridized carbons (Fsp3) is 0.357. The summed E-state index contributed by atoms with van der Waals surface area (Å²) in [6, 6.07) is 7.65. The van der Waals surface area contributed by atoms with Crippen LogP contribution in [0.3, 0.4) is 0 Å². The molecule has 0 saturated heterocycles. The smallest absolute Gasteiger partial charge is 0.168 e. The number of nitrogens with zero attached hydrogens (tertiary/aromatic N) is 1. The summed E-state index contributed by atoms with van der Waals surface area (Å²) in [5.74, 6) is 2.52. The number of anilines is 1. The Morgan fingerprint density at radius 3 is 2.94 bits per heavy atom. The predicted molar refractivity (Wildman–Crippen MR) is 70.9 cm³/mol. The molecule has 2 aromatic rings. The quantitative estimate of drug-likeness (QED) is 0.850. The van der Waals surface area contributed by atoms with E-state index in [-0.39, 0.29) is 6.10 Å². The van der Waals surface area contributed by atoms with E-state index in [0.717, 1.165) is 30.3 Å². The standard InChI is InChI=1S/C14H18N2O2/c1-11(2)18-13-6-3-8-15-14(13)16-9-7-12-5-4-10-17-12/h3-6,8,10-11H,7,9H2,1-2H3,(H,15,16). The van der Waals surface area contributed by atoms with Crippen LogP contribution in [0.4, 0.5) is 5.82 Å². The van der Waals surface area contributed by atoms with E-state index >= 15 is 0 Å². The minimum atomic E-state index is 0.139. The molecule has 0 unspecified atom stereocenters. The van der Waals surface area contributed by atoms with E-state index in [9.17, 15) is 0 Å². The van der Waals surface area contributed by atoms with Crippen molar-refractivity contribution in [1.82, 2.24) is 4.98 Å². The molecule has 2 rings (SSSR count). The highest BCUT2D eigenvalue weighted by Gasteiger charge is 2.06. The number of hydrogen-bond donors (Lipinski definition) is 1. The monoisotopic (exact) mass is 246 g/mol. The number of pyridine rings is 1. The number of aromatic nitrogens is 1. The van der Waals surface area contributed by atoms with E-state index in [4.69, 9.17) is 9.15 Å². The van der Waals surface area contributed by atoms with Crippen LogP contribution in [-0.4, -0.2) is 17.6 Å². The van der Waals surface area contributed by atoms with Crippen LogP contribution in [0.25, 0.3) is 0 Å². The molecule has 2 aromatic heterocycles. The first-order valence-electron chi connectivity index (χ1n) is 6.13. The van der Waals surface area contributed by atoms with Gasteiger partial charge in [0.05, 0.1) is 12.4 Å². The number of hydrogen-bond acceptors (Lipinski definition) is 4. The highest BCUT2D eigenvalue weighted by molar-refractivity contribution is 5.49. The second-order valence-corrected chi connectivity index (χ2v) is 4.27. The van der Waals surface area contributed by atoms with Gasteiger partial charge in [-0.25, -0.2) is 4.98 Å². The minimum absolute atomic E-state index is 0.139. The lowest BCUT2D eigenvalue weighted by atomic mass is 10.3. The topological polar surface area (TPSA) is 47.3 Å². The first kappa shape index (κ1) is 12.5. The average molecular weight is 246 g/mol. The maximum absolute atomic E-state index is 5.68. The molecule has 1 N–H and O–H groups in total. The van der Waals surface area contributed by atoms with Crippen molar-refractivity contribution in [1.29, 1.82) is 0 Å². The van der Waals surface area contributed by atoms with Gasteiger partial charge in [0, 0.05) is 19.2 Å². The van der Waals surface area contributed by atoms with Crippen LogP contribution in [0.5, 0.6) is 5.75 Å². The molecule has 96 valence electrons. The first-order valence-corrected chi connectivity index (χ1v) is 6.13. The predicted octanol–water partition coefficient (Wildman–Crippen LogP) is 3.12. The molecule has 0 aliphatic carbocycles. The second kappa shape index (κ2) is 6.10. The van der Waals surface area contributed by atoms with E-state index in [1.807, 2.05) is 38.1 Å². The van der Waals surface area contributed by atoms with Crippen molar-refractivity contribution in [3.05, 3.63) is 42.5 Å². The largest absolute Gasteiger partial charge is 0.487 e. The van der Waals surface area contributed by atoms with Gasteiger partial charge in [-0.1, -0.05) is 0 Å². The molecule has 0 spiro atoms. The van der Waals surface area contributed by atoms with Gasteiger partial charge in [-0.3, -0.25) is 0 Å². The summed E-state index contributed by atoms with van der Waals surface area (Å²) in [6.45, 7) is 4.76. The zero-order valence-corrected chi connectivity index (χ0v) is 10.7. The van der Waals surface area contributed by atoms with Gasteiger partial charge >= 0.3 is 0 Å². The highest BCUT2D eigenvalue weighted by atomic mass is 16.5. The Bertz CT molecular complexity index is 466. The minimum Gasteiger partial charge on any atom is -0.487 e. The molecule has 0 saturated carbocycles. The van der Waals surface area contributed by atoms with Crippen molar-refractivity contribution < 1.29 is 9.15 Å². The molecule has 18 heavy (non-hydrogen) atoms. The SMILES string of the molecule is CC(C)Oc1cccnc1NCCc1ccco1. The van der Waals surface area contributed by atoms with E-state index < -0.39 is 0 Å². The van der Waals surface area contributed by atoms with Crippen LogP contribution >= 0.6 is 0 Å². The molecular weight excluding hydrogens is 228 g/mol. The van der Waals surface area contributed by atoms with Gasteiger partial charge in [0.2, 0.25) is 0 Å². The number of furan rings is 1. The fourth-order valence-electron chi connectivity index (χ4n) is 1.63. The molecule has 2 heterocycles. The molecule has 0 aliphatic heterocycles. The fourth-order valence-corrected chi connectivity index (χ4v) is 1.63. The summed E-state index contributed by atoms with van der Waals surface area (Å²) in [7, 11) is 0. The Hall–Kier alpha value is -1.97. The Morgan fingerprint density at radius 2 is 2.22 bits per heavy atom.